The fourth-order valence-corrected chi connectivity index (χ4v) is 3.28. The first-order valence-electron chi connectivity index (χ1n) is 8.40. The number of piperidine rings is 1. The lowest BCUT2D eigenvalue weighted by atomic mass is 9.73. The Labute approximate surface area is 151 Å². The van der Waals surface area contributed by atoms with Gasteiger partial charge in [0.15, 0.2) is 11.6 Å². The third-order valence-electron chi connectivity index (χ3n) is 4.81. The summed E-state index contributed by atoms with van der Waals surface area (Å²) in [7, 11) is 0. The van der Waals surface area contributed by atoms with Gasteiger partial charge in [-0.05, 0) is 24.5 Å². The van der Waals surface area contributed by atoms with E-state index in [0.29, 0.717) is 18.4 Å². The summed E-state index contributed by atoms with van der Waals surface area (Å²) in [4.78, 5) is 12.4. The first-order chi connectivity index (χ1) is 12.6. The lowest BCUT2D eigenvalue weighted by molar-refractivity contribution is 0.124. The third kappa shape index (κ3) is 3.47. The number of likely N-dealkylation sites (tertiary alicyclic amines) is 1. The Kier molecular flexibility index (Phi) is 5.08. The Morgan fingerprint density at radius 1 is 1.19 bits per heavy atom. The van der Waals surface area contributed by atoms with Gasteiger partial charge in [-0.1, -0.05) is 42.5 Å². The molecule has 134 valence electrons. The van der Waals surface area contributed by atoms with Crippen LogP contribution in [0.25, 0.3) is 0 Å². The number of carboxylic acid groups (broad SMARTS) is 1. The maximum Gasteiger partial charge on any atom is 0.407 e. The number of amides is 1. The van der Waals surface area contributed by atoms with Crippen LogP contribution in [0, 0.1) is 17.1 Å². The van der Waals surface area contributed by atoms with Crippen LogP contribution in [0.1, 0.15) is 24.0 Å². The predicted molar refractivity (Wildman–Crippen MR) is 93.3 cm³/mol. The van der Waals surface area contributed by atoms with Crippen molar-refractivity contribution >= 4 is 6.09 Å². The summed E-state index contributed by atoms with van der Waals surface area (Å²) in [5, 5.41) is 18.9. The molecule has 5 nitrogen and oxygen atoms in total. The minimum absolute atomic E-state index is 0.0710. The summed E-state index contributed by atoms with van der Waals surface area (Å²) in [5.74, 6) is -0.449. The van der Waals surface area contributed by atoms with Gasteiger partial charge in [-0.2, -0.15) is 5.26 Å². The highest BCUT2D eigenvalue weighted by molar-refractivity contribution is 5.65. The second-order valence-electron chi connectivity index (χ2n) is 6.35. The molecule has 0 unspecified atom stereocenters. The zero-order valence-electron chi connectivity index (χ0n) is 14.2. The van der Waals surface area contributed by atoms with E-state index in [9.17, 15) is 14.4 Å². The van der Waals surface area contributed by atoms with Crippen molar-refractivity contribution in [3.63, 3.8) is 0 Å². The van der Waals surface area contributed by atoms with Crippen LogP contribution in [0.5, 0.6) is 5.75 Å². The van der Waals surface area contributed by atoms with Crippen LogP contribution in [-0.2, 0) is 12.0 Å². The highest BCUT2D eigenvalue weighted by Crippen LogP contribution is 2.41. The number of para-hydroxylation sites is 1. The van der Waals surface area contributed by atoms with E-state index in [0.717, 1.165) is 5.56 Å². The monoisotopic (exact) mass is 354 g/mol. The third-order valence-corrected chi connectivity index (χ3v) is 4.81. The van der Waals surface area contributed by atoms with Gasteiger partial charge in [-0.25, -0.2) is 9.18 Å². The molecule has 1 saturated heterocycles. The smallest absolute Gasteiger partial charge is 0.407 e. The second kappa shape index (κ2) is 7.44. The van der Waals surface area contributed by atoms with E-state index in [1.165, 1.54) is 11.0 Å². The summed E-state index contributed by atoms with van der Waals surface area (Å²) in [6.45, 7) is 0.659. The molecule has 1 heterocycles. The Morgan fingerprint density at radius 3 is 2.50 bits per heavy atom. The first-order valence-corrected chi connectivity index (χ1v) is 8.40. The number of carbonyl (C=O) groups is 1. The quantitative estimate of drug-likeness (QED) is 0.902. The van der Waals surface area contributed by atoms with Gasteiger partial charge in [0, 0.05) is 18.7 Å². The molecule has 6 heteroatoms. The van der Waals surface area contributed by atoms with Gasteiger partial charge in [-0.15, -0.1) is 0 Å². The molecular weight excluding hydrogens is 335 g/mol. The van der Waals surface area contributed by atoms with E-state index >= 15 is 0 Å². The van der Waals surface area contributed by atoms with Crippen molar-refractivity contribution in [3.8, 4) is 11.8 Å². The molecule has 1 aliphatic heterocycles. The molecule has 1 aliphatic rings. The summed E-state index contributed by atoms with van der Waals surface area (Å²) < 4.78 is 20.2. The highest BCUT2D eigenvalue weighted by Gasteiger charge is 2.40. The number of halogens is 1. The molecule has 26 heavy (non-hydrogen) atoms. The average Bonchev–Trinajstić information content (AvgIpc) is 2.67. The molecule has 0 aromatic heterocycles. The molecule has 3 rings (SSSR count). The van der Waals surface area contributed by atoms with Gasteiger partial charge < -0.3 is 14.7 Å². The predicted octanol–water partition coefficient (Wildman–Crippen LogP) is 3.94. The number of hydrogen-bond donors (Lipinski definition) is 1. The SMILES string of the molecule is N#CC1(c2cccc(F)c2OCc2ccccc2)CCN(C(=O)O)CC1. The van der Waals surface area contributed by atoms with Crippen LogP contribution in [-0.4, -0.2) is 29.2 Å². The molecule has 1 N–H and O–H groups in total. The normalized spacial score (nSPS) is 15.9. The Bertz CT molecular complexity index is 825. The van der Waals surface area contributed by atoms with Gasteiger partial charge in [0.2, 0.25) is 0 Å². The van der Waals surface area contributed by atoms with Crippen molar-refractivity contribution in [2.45, 2.75) is 24.9 Å². The molecule has 0 bridgehead atoms. The number of nitriles is 1. The second-order valence-corrected chi connectivity index (χ2v) is 6.35. The molecule has 0 atom stereocenters. The van der Waals surface area contributed by atoms with Crippen molar-refractivity contribution in [2.24, 2.45) is 0 Å². The van der Waals surface area contributed by atoms with Crippen LogP contribution in [0.4, 0.5) is 9.18 Å². The summed E-state index contributed by atoms with van der Waals surface area (Å²) in [6.07, 6.45) is -0.390. The van der Waals surface area contributed by atoms with Gasteiger partial charge >= 0.3 is 6.09 Å². The van der Waals surface area contributed by atoms with Crippen molar-refractivity contribution in [1.82, 2.24) is 4.90 Å². The molecule has 0 aliphatic carbocycles. The molecule has 0 saturated carbocycles. The number of ether oxygens (including phenoxy) is 1. The zero-order chi connectivity index (χ0) is 18.6. The molecule has 0 spiro atoms. The maximum atomic E-state index is 14.5. The van der Waals surface area contributed by atoms with E-state index in [4.69, 9.17) is 9.84 Å². The molecule has 1 amide bonds. The fraction of sp³-hybridized carbons (Fsp3) is 0.300. The van der Waals surface area contributed by atoms with E-state index in [-0.39, 0.29) is 25.4 Å². The summed E-state index contributed by atoms with van der Waals surface area (Å²) in [6, 6.07) is 16.3. The molecular formula is C20H19FN2O3. The van der Waals surface area contributed by atoms with Gasteiger partial charge in [-0.3, -0.25) is 0 Å². The molecule has 0 radical (unpaired) electrons. The molecule has 2 aromatic rings. The summed E-state index contributed by atoms with van der Waals surface area (Å²) in [5.41, 5.74) is 0.425. The minimum Gasteiger partial charge on any atom is -0.485 e. The van der Waals surface area contributed by atoms with Crippen molar-refractivity contribution in [1.29, 1.82) is 5.26 Å². The zero-order valence-corrected chi connectivity index (χ0v) is 14.2. The highest BCUT2D eigenvalue weighted by atomic mass is 19.1. The Morgan fingerprint density at radius 2 is 1.88 bits per heavy atom. The van der Waals surface area contributed by atoms with E-state index in [2.05, 4.69) is 6.07 Å². The Hall–Kier alpha value is -3.07. The van der Waals surface area contributed by atoms with Crippen LogP contribution in [0.2, 0.25) is 0 Å². The number of hydrogen-bond acceptors (Lipinski definition) is 3. The lowest BCUT2D eigenvalue weighted by Gasteiger charge is -2.37. The van der Waals surface area contributed by atoms with Crippen LogP contribution in [0.3, 0.4) is 0 Å². The molecule has 2 aromatic carbocycles. The van der Waals surface area contributed by atoms with Crippen LogP contribution < -0.4 is 4.74 Å². The summed E-state index contributed by atoms with van der Waals surface area (Å²) >= 11 is 0. The van der Waals surface area contributed by atoms with Crippen molar-refractivity contribution in [2.75, 3.05) is 13.1 Å². The van der Waals surface area contributed by atoms with Gasteiger partial charge in [0.05, 0.1) is 11.5 Å². The van der Waals surface area contributed by atoms with Crippen LogP contribution >= 0.6 is 0 Å². The average molecular weight is 354 g/mol. The van der Waals surface area contributed by atoms with Crippen molar-refractivity contribution in [3.05, 3.63) is 65.5 Å². The van der Waals surface area contributed by atoms with E-state index in [1.807, 2.05) is 30.3 Å². The standard InChI is InChI=1S/C20H19FN2O3/c21-17-8-4-7-16(18(17)26-13-15-5-2-1-3-6-15)20(14-22)9-11-23(12-10-20)19(24)25/h1-8H,9-13H2,(H,24,25). The largest absolute Gasteiger partial charge is 0.485 e. The van der Waals surface area contributed by atoms with E-state index < -0.39 is 17.3 Å². The van der Waals surface area contributed by atoms with Gasteiger partial charge in [0.25, 0.3) is 0 Å². The number of nitrogens with zero attached hydrogens (tertiary/aromatic N) is 2. The lowest BCUT2D eigenvalue weighted by Crippen LogP contribution is -2.44. The maximum absolute atomic E-state index is 14.5. The number of rotatable bonds is 4. The fourth-order valence-electron chi connectivity index (χ4n) is 3.28. The van der Waals surface area contributed by atoms with Crippen molar-refractivity contribution < 1.29 is 19.0 Å². The minimum atomic E-state index is -1.00. The first kappa shape index (κ1) is 17.7. The Balaban J connectivity index is 1.88. The van der Waals surface area contributed by atoms with E-state index in [1.54, 1.807) is 12.1 Å². The topological polar surface area (TPSA) is 73.6 Å². The number of benzene rings is 2. The van der Waals surface area contributed by atoms with Gasteiger partial charge in [0.1, 0.15) is 6.61 Å². The molecule has 1 fully saturated rings. The van der Waals surface area contributed by atoms with Crippen LogP contribution in [0.15, 0.2) is 48.5 Å².